The van der Waals surface area contributed by atoms with E-state index in [0.29, 0.717) is 6.61 Å². The van der Waals surface area contributed by atoms with Crippen molar-refractivity contribution in [3.8, 4) is 5.75 Å². The molecule has 2 rings (SSSR count). The number of ether oxygens (including phenoxy) is 1. The second kappa shape index (κ2) is 7.20. The molecule has 1 aromatic carbocycles. The van der Waals surface area contributed by atoms with Crippen molar-refractivity contribution in [3.05, 3.63) is 56.7 Å². The van der Waals surface area contributed by atoms with Gasteiger partial charge in [-0.25, -0.2) is 0 Å². The Kier molecular flexibility index (Phi) is 5.57. The molecule has 1 N–H and O–H groups in total. The fourth-order valence-electron chi connectivity index (χ4n) is 1.79. The summed E-state index contributed by atoms with van der Waals surface area (Å²) in [6.45, 7) is 2.56. The molecule has 0 saturated heterocycles. The molecular formula is C15H16Br2N2O. The third-order valence-corrected chi connectivity index (χ3v) is 4.00. The van der Waals surface area contributed by atoms with E-state index < -0.39 is 0 Å². The maximum atomic E-state index is 5.92. The first-order valence-electron chi connectivity index (χ1n) is 6.30. The van der Waals surface area contributed by atoms with Crippen LogP contribution in [-0.2, 0) is 6.61 Å². The van der Waals surface area contributed by atoms with Crippen LogP contribution in [0.5, 0.6) is 5.75 Å². The van der Waals surface area contributed by atoms with E-state index >= 15 is 0 Å². The molecule has 5 heteroatoms. The van der Waals surface area contributed by atoms with Crippen LogP contribution < -0.4 is 10.1 Å². The molecule has 20 heavy (non-hydrogen) atoms. The summed E-state index contributed by atoms with van der Waals surface area (Å²) < 4.78 is 7.89. The first-order chi connectivity index (χ1) is 9.60. The Morgan fingerprint density at radius 1 is 1.20 bits per heavy atom. The molecule has 0 fully saturated rings. The van der Waals surface area contributed by atoms with Gasteiger partial charge in [0.1, 0.15) is 12.4 Å². The molecule has 1 heterocycles. The number of rotatable bonds is 5. The maximum absolute atomic E-state index is 5.92. The van der Waals surface area contributed by atoms with Crippen LogP contribution in [0.2, 0.25) is 0 Å². The minimum Gasteiger partial charge on any atom is -0.487 e. The molecule has 0 radical (unpaired) electrons. The Morgan fingerprint density at radius 3 is 2.60 bits per heavy atom. The molecule has 0 aliphatic rings. The predicted molar refractivity (Wildman–Crippen MR) is 87.9 cm³/mol. The van der Waals surface area contributed by atoms with Crippen LogP contribution in [-0.4, -0.2) is 12.0 Å². The number of hydrogen-bond donors (Lipinski definition) is 1. The molecular weight excluding hydrogens is 384 g/mol. The van der Waals surface area contributed by atoms with Crippen molar-refractivity contribution < 1.29 is 4.74 Å². The zero-order valence-electron chi connectivity index (χ0n) is 11.4. The van der Waals surface area contributed by atoms with Gasteiger partial charge in [-0.3, -0.25) is 4.98 Å². The van der Waals surface area contributed by atoms with Crippen LogP contribution in [0.15, 0.2) is 45.5 Å². The van der Waals surface area contributed by atoms with E-state index in [4.69, 9.17) is 4.74 Å². The fourth-order valence-corrected chi connectivity index (χ4v) is 2.36. The summed E-state index contributed by atoms with van der Waals surface area (Å²) in [5.74, 6) is 0.867. The average molecular weight is 400 g/mol. The van der Waals surface area contributed by atoms with Gasteiger partial charge in [-0.15, -0.1) is 0 Å². The fraction of sp³-hybridized carbons (Fsp3) is 0.267. The number of aromatic nitrogens is 1. The molecule has 0 bridgehead atoms. The van der Waals surface area contributed by atoms with E-state index in [1.165, 1.54) is 0 Å². The van der Waals surface area contributed by atoms with Crippen molar-refractivity contribution in [1.82, 2.24) is 10.3 Å². The molecule has 0 aliphatic carbocycles. The van der Waals surface area contributed by atoms with Crippen LogP contribution in [0.25, 0.3) is 0 Å². The third kappa shape index (κ3) is 4.04. The number of nitrogens with zero attached hydrogens (tertiary/aromatic N) is 1. The molecule has 0 aliphatic heterocycles. The second-order valence-electron chi connectivity index (χ2n) is 4.45. The van der Waals surface area contributed by atoms with E-state index in [-0.39, 0.29) is 6.04 Å². The quantitative estimate of drug-likeness (QED) is 0.805. The summed E-state index contributed by atoms with van der Waals surface area (Å²) in [5, 5.41) is 3.23. The van der Waals surface area contributed by atoms with E-state index in [1.54, 1.807) is 6.20 Å². The summed E-state index contributed by atoms with van der Waals surface area (Å²) in [4.78, 5) is 4.31. The summed E-state index contributed by atoms with van der Waals surface area (Å²) in [7, 11) is 1.94. The van der Waals surface area contributed by atoms with Gasteiger partial charge in [0.2, 0.25) is 0 Å². The van der Waals surface area contributed by atoms with Gasteiger partial charge in [-0.05, 0) is 54.2 Å². The van der Waals surface area contributed by atoms with Crippen LogP contribution in [0, 0.1) is 0 Å². The summed E-state index contributed by atoms with van der Waals surface area (Å²) in [6.07, 6.45) is 1.77. The van der Waals surface area contributed by atoms with Crippen molar-refractivity contribution in [2.24, 2.45) is 0 Å². The lowest BCUT2D eigenvalue weighted by atomic mass is 10.1. The SMILES string of the molecule is CNC(C)c1ccc(Br)cc1OCc1ccc(Br)cn1. The van der Waals surface area contributed by atoms with Gasteiger partial charge in [-0.1, -0.05) is 22.0 Å². The third-order valence-electron chi connectivity index (χ3n) is 3.04. The Balaban J connectivity index is 2.15. The Labute approximate surface area is 136 Å². The zero-order chi connectivity index (χ0) is 14.5. The van der Waals surface area contributed by atoms with Crippen molar-refractivity contribution in [3.63, 3.8) is 0 Å². The molecule has 1 atom stereocenters. The van der Waals surface area contributed by atoms with Crippen LogP contribution in [0.4, 0.5) is 0 Å². The molecule has 3 nitrogen and oxygen atoms in total. The number of halogens is 2. The monoisotopic (exact) mass is 398 g/mol. The van der Waals surface area contributed by atoms with Gasteiger partial charge >= 0.3 is 0 Å². The van der Waals surface area contributed by atoms with Crippen molar-refractivity contribution in [2.45, 2.75) is 19.6 Å². The zero-order valence-corrected chi connectivity index (χ0v) is 14.5. The molecule has 1 unspecified atom stereocenters. The Morgan fingerprint density at radius 2 is 1.95 bits per heavy atom. The highest BCUT2D eigenvalue weighted by molar-refractivity contribution is 9.10. The van der Waals surface area contributed by atoms with Gasteiger partial charge in [-0.2, -0.15) is 0 Å². The van der Waals surface area contributed by atoms with Crippen LogP contribution in [0.1, 0.15) is 24.2 Å². The van der Waals surface area contributed by atoms with Crippen LogP contribution in [0.3, 0.4) is 0 Å². The summed E-state index contributed by atoms with van der Waals surface area (Å²) in [5.41, 5.74) is 2.03. The molecule has 106 valence electrons. The van der Waals surface area contributed by atoms with E-state index in [9.17, 15) is 0 Å². The number of nitrogens with one attached hydrogen (secondary N) is 1. The summed E-state index contributed by atoms with van der Waals surface area (Å²) in [6, 6.07) is 10.2. The number of benzene rings is 1. The van der Waals surface area contributed by atoms with Gasteiger partial charge in [0.25, 0.3) is 0 Å². The normalized spacial score (nSPS) is 12.2. The predicted octanol–water partition coefficient (Wildman–Crippen LogP) is 4.47. The summed E-state index contributed by atoms with van der Waals surface area (Å²) >= 11 is 6.85. The molecule has 0 amide bonds. The second-order valence-corrected chi connectivity index (χ2v) is 6.28. The van der Waals surface area contributed by atoms with Crippen molar-refractivity contribution >= 4 is 31.9 Å². The maximum Gasteiger partial charge on any atom is 0.130 e. The van der Waals surface area contributed by atoms with Gasteiger partial charge in [0, 0.05) is 26.7 Å². The highest BCUT2D eigenvalue weighted by atomic mass is 79.9. The lowest BCUT2D eigenvalue weighted by molar-refractivity contribution is 0.295. The van der Waals surface area contributed by atoms with E-state index in [0.717, 1.165) is 26.0 Å². The highest BCUT2D eigenvalue weighted by Gasteiger charge is 2.11. The minimum atomic E-state index is 0.232. The van der Waals surface area contributed by atoms with E-state index in [2.05, 4.69) is 55.2 Å². The first-order valence-corrected chi connectivity index (χ1v) is 7.88. The molecule has 0 saturated carbocycles. The smallest absolute Gasteiger partial charge is 0.130 e. The molecule has 2 aromatic rings. The van der Waals surface area contributed by atoms with Gasteiger partial charge < -0.3 is 10.1 Å². The highest BCUT2D eigenvalue weighted by Crippen LogP contribution is 2.29. The Hall–Kier alpha value is -0.910. The largest absolute Gasteiger partial charge is 0.487 e. The first kappa shape index (κ1) is 15.5. The minimum absolute atomic E-state index is 0.232. The van der Waals surface area contributed by atoms with Gasteiger partial charge in [0.15, 0.2) is 0 Å². The number of hydrogen-bond acceptors (Lipinski definition) is 3. The topological polar surface area (TPSA) is 34.1 Å². The average Bonchev–Trinajstić information content (AvgIpc) is 2.46. The standard InChI is InChI=1S/C15H16Br2N2O/c1-10(18-2)14-6-4-11(16)7-15(14)20-9-13-5-3-12(17)8-19-13/h3-8,10,18H,9H2,1-2H3. The number of pyridine rings is 1. The van der Waals surface area contributed by atoms with E-state index in [1.807, 2.05) is 31.3 Å². The van der Waals surface area contributed by atoms with Crippen molar-refractivity contribution in [2.75, 3.05) is 7.05 Å². The lowest BCUT2D eigenvalue weighted by Crippen LogP contribution is -2.13. The Bertz CT molecular complexity index is 573. The lowest BCUT2D eigenvalue weighted by Gasteiger charge is -2.16. The van der Waals surface area contributed by atoms with Gasteiger partial charge in [0.05, 0.1) is 5.69 Å². The molecule has 0 spiro atoms. The molecule has 1 aromatic heterocycles. The van der Waals surface area contributed by atoms with Crippen molar-refractivity contribution in [1.29, 1.82) is 0 Å². The van der Waals surface area contributed by atoms with Crippen LogP contribution >= 0.6 is 31.9 Å².